The molecule has 3 fully saturated rings. The molecule has 5 heteroatoms. The van der Waals surface area contributed by atoms with Crippen molar-refractivity contribution in [2.24, 2.45) is 17.8 Å². The third-order valence-electron chi connectivity index (χ3n) is 4.65. The lowest BCUT2D eigenvalue weighted by Gasteiger charge is -2.28. The topological polar surface area (TPSA) is 61.8 Å². The molecule has 1 saturated heterocycles. The molecule has 0 spiro atoms. The molecule has 0 aromatic heterocycles. The molecule has 20 heavy (non-hydrogen) atoms. The number of nitrogens with one attached hydrogen (secondary N) is 1. The van der Waals surface area contributed by atoms with Gasteiger partial charge in [0.25, 0.3) is 0 Å². The molecular formula is C15H26N2O3. The van der Waals surface area contributed by atoms with Gasteiger partial charge in [0, 0.05) is 32.1 Å². The average molecular weight is 282 g/mol. The van der Waals surface area contributed by atoms with Gasteiger partial charge in [-0.05, 0) is 37.5 Å². The fraction of sp³-hybridized carbons (Fsp3) is 0.933. The predicted octanol–water partition coefficient (Wildman–Crippen LogP) is 0.232. The number of carbonyl (C=O) groups excluding carboxylic acids is 1. The van der Waals surface area contributed by atoms with Gasteiger partial charge in [-0.3, -0.25) is 9.69 Å². The molecule has 3 rings (SSSR count). The number of hydrogen-bond donors (Lipinski definition) is 2. The van der Waals surface area contributed by atoms with E-state index >= 15 is 0 Å². The van der Waals surface area contributed by atoms with Gasteiger partial charge >= 0.3 is 0 Å². The molecule has 1 atom stereocenters. The van der Waals surface area contributed by atoms with E-state index in [9.17, 15) is 9.90 Å². The van der Waals surface area contributed by atoms with Crippen molar-refractivity contribution in [1.82, 2.24) is 10.2 Å². The van der Waals surface area contributed by atoms with Crippen LogP contribution in [0.1, 0.15) is 25.7 Å². The van der Waals surface area contributed by atoms with Crippen LogP contribution in [0.5, 0.6) is 0 Å². The molecule has 0 aromatic carbocycles. The minimum atomic E-state index is -0.476. The molecule has 114 valence electrons. The summed E-state index contributed by atoms with van der Waals surface area (Å²) in [6.45, 7) is 4.23. The molecule has 2 saturated carbocycles. The number of β-amino-alcohol motifs (C(OH)–C–C–N with tert-alkyl or cyclic N) is 1. The highest BCUT2D eigenvalue weighted by atomic mass is 16.5. The van der Waals surface area contributed by atoms with E-state index in [1.165, 1.54) is 25.7 Å². The van der Waals surface area contributed by atoms with Crippen LogP contribution < -0.4 is 5.32 Å². The number of rotatable bonds is 7. The molecule has 5 nitrogen and oxygen atoms in total. The van der Waals surface area contributed by atoms with Crippen molar-refractivity contribution in [3.05, 3.63) is 0 Å². The minimum Gasteiger partial charge on any atom is -0.390 e. The van der Waals surface area contributed by atoms with Crippen molar-refractivity contribution in [1.29, 1.82) is 0 Å². The van der Waals surface area contributed by atoms with Crippen molar-refractivity contribution in [3.8, 4) is 0 Å². The van der Waals surface area contributed by atoms with Gasteiger partial charge in [0.05, 0.1) is 19.3 Å². The molecule has 0 aromatic rings. The van der Waals surface area contributed by atoms with Crippen LogP contribution in [0.3, 0.4) is 0 Å². The summed E-state index contributed by atoms with van der Waals surface area (Å²) in [4.78, 5) is 14.4. The van der Waals surface area contributed by atoms with Crippen LogP contribution in [0, 0.1) is 17.8 Å². The Kier molecular flexibility index (Phi) is 4.58. The Balaban J connectivity index is 1.37. The Labute approximate surface area is 120 Å². The zero-order valence-electron chi connectivity index (χ0n) is 12.1. The standard InChI is InChI=1S/C15H26N2O3/c18-13(10-17-5-7-20-8-6-17)9-16-15(19)14(11-1-2-11)12-3-4-12/h11-14,18H,1-10H2,(H,16,19). The van der Waals surface area contributed by atoms with Crippen LogP contribution in [-0.4, -0.2) is 61.4 Å². The van der Waals surface area contributed by atoms with Crippen LogP contribution in [-0.2, 0) is 9.53 Å². The maximum Gasteiger partial charge on any atom is 0.223 e. The van der Waals surface area contributed by atoms with Crippen molar-refractivity contribution in [2.75, 3.05) is 39.4 Å². The van der Waals surface area contributed by atoms with E-state index in [-0.39, 0.29) is 11.8 Å². The van der Waals surface area contributed by atoms with Gasteiger partial charge in [0.15, 0.2) is 0 Å². The molecule has 1 aliphatic heterocycles. The summed E-state index contributed by atoms with van der Waals surface area (Å²) in [5.41, 5.74) is 0. The van der Waals surface area contributed by atoms with Crippen molar-refractivity contribution >= 4 is 5.91 Å². The Morgan fingerprint density at radius 3 is 2.35 bits per heavy atom. The Morgan fingerprint density at radius 2 is 1.80 bits per heavy atom. The summed E-state index contributed by atoms with van der Waals surface area (Å²) >= 11 is 0. The van der Waals surface area contributed by atoms with Crippen molar-refractivity contribution in [3.63, 3.8) is 0 Å². The molecular weight excluding hydrogens is 256 g/mol. The summed E-state index contributed by atoms with van der Waals surface area (Å²) in [6.07, 6.45) is 4.38. The maximum atomic E-state index is 12.2. The van der Waals surface area contributed by atoms with Gasteiger partial charge in [-0.2, -0.15) is 0 Å². The van der Waals surface area contributed by atoms with Gasteiger partial charge in [-0.25, -0.2) is 0 Å². The molecule has 1 heterocycles. The van der Waals surface area contributed by atoms with Crippen LogP contribution in [0.15, 0.2) is 0 Å². The van der Waals surface area contributed by atoms with E-state index in [0.29, 0.717) is 24.9 Å². The van der Waals surface area contributed by atoms with E-state index < -0.39 is 6.10 Å². The average Bonchev–Trinajstić information content (AvgIpc) is 3.32. The van der Waals surface area contributed by atoms with Gasteiger partial charge in [0.1, 0.15) is 0 Å². The highest BCUT2D eigenvalue weighted by molar-refractivity contribution is 5.80. The SMILES string of the molecule is O=C(NCC(O)CN1CCOCC1)C(C1CC1)C1CC1. The Morgan fingerprint density at radius 1 is 1.20 bits per heavy atom. The first-order valence-electron chi connectivity index (χ1n) is 8.00. The van der Waals surface area contributed by atoms with Gasteiger partial charge in [-0.15, -0.1) is 0 Å². The number of aliphatic hydroxyl groups is 1. The van der Waals surface area contributed by atoms with Gasteiger partial charge in [0.2, 0.25) is 5.91 Å². The second-order valence-electron chi connectivity index (χ2n) is 6.51. The number of morpholine rings is 1. The zero-order valence-corrected chi connectivity index (χ0v) is 12.1. The summed E-state index contributed by atoms with van der Waals surface area (Å²) in [7, 11) is 0. The summed E-state index contributed by atoms with van der Waals surface area (Å²) < 4.78 is 5.28. The molecule has 2 N–H and O–H groups in total. The largest absolute Gasteiger partial charge is 0.390 e. The number of ether oxygens (including phenoxy) is 1. The lowest BCUT2D eigenvalue weighted by atomic mass is 9.97. The predicted molar refractivity (Wildman–Crippen MR) is 75.2 cm³/mol. The van der Waals surface area contributed by atoms with Gasteiger partial charge < -0.3 is 15.2 Å². The normalized spacial score (nSPS) is 25.7. The Bertz CT molecular complexity index is 324. The molecule has 0 bridgehead atoms. The number of hydrogen-bond acceptors (Lipinski definition) is 4. The van der Waals surface area contributed by atoms with Crippen LogP contribution in [0.2, 0.25) is 0 Å². The second-order valence-corrected chi connectivity index (χ2v) is 6.51. The summed E-state index contributed by atoms with van der Waals surface area (Å²) in [6, 6.07) is 0. The highest BCUT2D eigenvalue weighted by Gasteiger charge is 2.45. The van der Waals surface area contributed by atoms with E-state index in [0.717, 1.165) is 26.3 Å². The first-order valence-corrected chi connectivity index (χ1v) is 8.00. The second kappa shape index (κ2) is 6.41. The molecule has 1 unspecified atom stereocenters. The molecule has 3 aliphatic rings. The smallest absolute Gasteiger partial charge is 0.223 e. The van der Waals surface area contributed by atoms with Crippen molar-refractivity contribution in [2.45, 2.75) is 31.8 Å². The number of aliphatic hydroxyl groups excluding tert-OH is 1. The number of carbonyl (C=O) groups is 1. The van der Waals surface area contributed by atoms with Gasteiger partial charge in [-0.1, -0.05) is 0 Å². The summed E-state index contributed by atoms with van der Waals surface area (Å²) in [5, 5.41) is 13.0. The quantitative estimate of drug-likeness (QED) is 0.702. The lowest BCUT2D eigenvalue weighted by Crippen LogP contribution is -2.45. The highest BCUT2D eigenvalue weighted by Crippen LogP contribution is 2.49. The van der Waals surface area contributed by atoms with E-state index in [4.69, 9.17) is 4.74 Å². The minimum absolute atomic E-state index is 0.177. The maximum absolute atomic E-state index is 12.2. The van der Waals surface area contributed by atoms with Crippen LogP contribution in [0.25, 0.3) is 0 Å². The monoisotopic (exact) mass is 282 g/mol. The van der Waals surface area contributed by atoms with E-state index in [1.54, 1.807) is 0 Å². The van der Waals surface area contributed by atoms with Crippen LogP contribution >= 0.6 is 0 Å². The first-order chi connectivity index (χ1) is 9.74. The van der Waals surface area contributed by atoms with Crippen molar-refractivity contribution < 1.29 is 14.6 Å². The number of amides is 1. The molecule has 2 aliphatic carbocycles. The van der Waals surface area contributed by atoms with E-state index in [2.05, 4.69) is 10.2 Å². The third-order valence-corrected chi connectivity index (χ3v) is 4.65. The first kappa shape index (κ1) is 14.3. The Hall–Kier alpha value is -0.650. The zero-order chi connectivity index (χ0) is 13.9. The third kappa shape index (κ3) is 3.93. The molecule has 0 radical (unpaired) electrons. The summed E-state index contributed by atoms with van der Waals surface area (Å²) in [5.74, 6) is 1.65. The fourth-order valence-electron chi connectivity index (χ4n) is 3.21. The lowest BCUT2D eigenvalue weighted by molar-refractivity contribution is -0.126. The number of nitrogens with zero attached hydrogens (tertiary/aromatic N) is 1. The molecule has 1 amide bonds. The van der Waals surface area contributed by atoms with Crippen LogP contribution in [0.4, 0.5) is 0 Å². The van der Waals surface area contributed by atoms with E-state index in [1.807, 2.05) is 0 Å². The fourth-order valence-corrected chi connectivity index (χ4v) is 3.21.